The largest absolute Gasteiger partial charge is 0.476 e. The van der Waals surface area contributed by atoms with E-state index in [1.54, 1.807) is 37.3 Å². The van der Waals surface area contributed by atoms with Crippen LogP contribution in [-0.4, -0.2) is 11.5 Å². The molecular weight excluding hydrogens is 305 g/mol. The van der Waals surface area contributed by atoms with Gasteiger partial charge >= 0.3 is 12.6 Å². The highest BCUT2D eigenvalue weighted by molar-refractivity contribution is 7.81. The molecule has 0 aliphatic carbocycles. The van der Waals surface area contributed by atoms with Crippen molar-refractivity contribution in [1.82, 2.24) is 0 Å². The highest BCUT2D eigenvalue weighted by atomic mass is 35.7. The molecule has 0 fully saturated rings. The number of nitro groups is 1. The van der Waals surface area contributed by atoms with E-state index >= 15 is 0 Å². The van der Waals surface area contributed by atoms with Crippen molar-refractivity contribution in [3.63, 3.8) is 0 Å². The van der Waals surface area contributed by atoms with Gasteiger partial charge in [-0.2, -0.15) is 0 Å². The fourth-order valence-electron chi connectivity index (χ4n) is 1.80. The number of nitro benzene ring substituents is 1. The second-order valence-corrected chi connectivity index (χ2v) is 6.37. The first-order chi connectivity index (χ1) is 9.44. The number of fused-ring (bicyclic) bond motifs is 1. The van der Waals surface area contributed by atoms with Gasteiger partial charge in [-0.3, -0.25) is 14.6 Å². The van der Waals surface area contributed by atoms with Gasteiger partial charge in [-0.15, -0.1) is 0 Å². The number of nitrogens with zero attached hydrogens (tertiary/aromatic N) is 1. The highest BCUT2D eigenvalue weighted by Gasteiger charge is 2.28. The normalized spacial score (nSPS) is 13.9. The highest BCUT2D eigenvalue weighted by Crippen LogP contribution is 2.55. The molecule has 0 heterocycles. The van der Waals surface area contributed by atoms with Crippen LogP contribution >= 0.6 is 18.2 Å². The van der Waals surface area contributed by atoms with Crippen LogP contribution in [0.2, 0.25) is 0 Å². The van der Waals surface area contributed by atoms with Crippen LogP contribution in [0.1, 0.15) is 6.92 Å². The van der Waals surface area contributed by atoms with Crippen molar-refractivity contribution in [2.75, 3.05) is 6.61 Å². The fourth-order valence-corrected chi connectivity index (χ4v) is 3.05. The van der Waals surface area contributed by atoms with Gasteiger partial charge in [-0.25, -0.2) is 4.57 Å². The van der Waals surface area contributed by atoms with Crippen molar-refractivity contribution < 1.29 is 18.5 Å². The van der Waals surface area contributed by atoms with Crippen molar-refractivity contribution in [3.8, 4) is 5.75 Å². The molecule has 0 N–H and O–H groups in total. The average Bonchev–Trinajstić information content (AvgIpc) is 2.37. The van der Waals surface area contributed by atoms with Crippen LogP contribution in [0.25, 0.3) is 10.8 Å². The van der Waals surface area contributed by atoms with Crippen LogP contribution in [0, 0.1) is 10.1 Å². The Labute approximate surface area is 119 Å². The summed E-state index contributed by atoms with van der Waals surface area (Å²) in [5, 5.41) is 12.3. The Balaban J connectivity index is 2.56. The quantitative estimate of drug-likeness (QED) is 0.461. The van der Waals surface area contributed by atoms with Gasteiger partial charge in [0.05, 0.1) is 16.9 Å². The summed E-state index contributed by atoms with van der Waals surface area (Å²) >= 11 is 5.59. The third kappa shape index (κ3) is 3.10. The number of halogens is 1. The molecule has 2 rings (SSSR count). The Morgan fingerprint density at radius 2 is 2.00 bits per heavy atom. The minimum absolute atomic E-state index is 0.0716. The van der Waals surface area contributed by atoms with Crippen LogP contribution < -0.4 is 4.52 Å². The molecule has 6 nitrogen and oxygen atoms in total. The second-order valence-electron chi connectivity index (χ2n) is 3.83. The molecule has 2 aromatic rings. The maximum absolute atomic E-state index is 11.8. The van der Waals surface area contributed by atoms with Crippen LogP contribution in [0.3, 0.4) is 0 Å². The molecule has 20 heavy (non-hydrogen) atoms. The van der Waals surface area contributed by atoms with Gasteiger partial charge in [-0.05, 0) is 24.4 Å². The lowest BCUT2D eigenvalue weighted by Gasteiger charge is -2.12. The van der Waals surface area contributed by atoms with E-state index in [0.717, 1.165) is 0 Å². The minimum Gasteiger partial charge on any atom is -0.406 e. The molecule has 2 aromatic carbocycles. The van der Waals surface area contributed by atoms with Gasteiger partial charge in [0.2, 0.25) is 5.75 Å². The molecule has 0 aliphatic rings. The van der Waals surface area contributed by atoms with Crippen LogP contribution in [0.4, 0.5) is 5.69 Å². The molecule has 0 saturated heterocycles. The Hall–Kier alpha value is -1.62. The molecular formula is C12H11ClNO5P. The predicted molar refractivity (Wildman–Crippen MR) is 76.3 cm³/mol. The zero-order chi connectivity index (χ0) is 14.8. The van der Waals surface area contributed by atoms with E-state index < -0.39 is 11.9 Å². The second kappa shape index (κ2) is 5.79. The molecule has 0 spiro atoms. The molecule has 1 unspecified atom stereocenters. The van der Waals surface area contributed by atoms with Gasteiger partial charge in [0, 0.05) is 11.2 Å². The molecule has 0 bridgehead atoms. The summed E-state index contributed by atoms with van der Waals surface area (Å²) in [4.78, 5) is 10.6. The number of benzene rings is 2. The molecule has 0 radical (unpaired) electrons. The summed E-state index contributed by atoms with van der Waals surface area (Å²) < 4.78 is 21.5. The molecule has 0 saturated carbocycles. The Bertz CT molecular complexity index is 705. The summed E-state index contributed by atoms with van der Waals surface area (Å²) in [6.07, 6.45) is 0. The van der Waals surface area contributed by atoms with Crippen molar-refractivity contribution in [2.45, 2.75) is 6.92 Å². The topological polar surface area (TPSA) is 78.7 Å². The van der Waals surface area contributed by atoms with Gasteiger partial charge in [-0.1, -0.05) is 24.3 Å². The van der Waals surface area contributed by atoms with E-state index in [0.29, 0.717) is 10.8 Å². The molecule has 0 amide bonds. The molecule has 106 valence electrons. The van der Waals surface area contributed by atoms with E-state index in [-0.39, 0.29) is 18.0 Å². The number of hydrogen-bond acceptors (Lipinski definition) is 5. The summed E-state index contributed by atoms with van der Waals surface area (Å²) in [5.41, 5.74) is -0.288. The van der Waals surface area contributed by atoms with E-state index in [9.17, 15) is 14.7 Å². The van der Waals surface area contributed by atoms with Crippen molar-refractivity contribution in [2.24, 2.45) is 0 Å². The van der Waals surface area contributed by atoms with Crippen LogP contribution in [0.15, 0.2) is 36.4 Å². The molecule has 0 aliphatic heterocycles. The van der Waals surface area contributed by atoms with Crippen molar-refractivity contribution in [1.29, 1.82) is 0 Å². The Morgan fingerprint density at radius 1 is 1.30 bits per heavy atom. The van der Waals surface area contributed by atoms with Crippen LogP contribution in [0.5, 0.6) is 5.75 Å². The Kier molecular flexibility index (Phi) is 4.28. The maximum Gasteiger partial charge on any atom is 0.476 e. The van der Waals surface area contributed by atoms with E-state index in [2.05, 4.69) is 0 Å². The smallest absolute Gasteiger partial charge is 0.406 e. The number of hydrogen-bond donors (Lipinski definition) is 0. The number of rotatable bonds is 5. The first-order valence-electron chi connectivity index (χ1n) is 5.74. The lowest BCUT2D eigenvalue weighted by molar-refractivity contribution is -0.383. The maximum atomic E-state index is 11.8. The van der Waals surface area contributed by atoms with Crippen molar-refractivity contribution in [3.05, 3.63) is 46.5 Å². The van der Waals surface area contributed by atoms with Gasteiger partial charge in [0.15, 0.2) is 0 Å². The van der Waals surface area contributed by atoms with Gasteiger partial charge in [0.1, 0.15) is 0 Å². The van der Waals surface area contributed by atoms with Gasteiger partial charge < -0.3 is 4.52 Å². The lowest BCUT2D eigenvalue weighted by atomic mass is 10.1. The molecule has 0 aromatic heterocycles. The Morgan fingerprint density at radius 3 is 2.65 bits per heavy atom. The summed E-state index contributed by atoms with van der Waals surface area (Å²) in [7, 11) is 0. The van der Waals surface area contributed by atoms with E-state index in [4.69, 9.17) is 20.3 Å². The fraction of sp³-hybridized carbons (Fsp3) is 0.167. The minimum atomic E-state index is -3.89. The van der Waals surface area contributed by atoms with E-state index in [1.165, 1.54) is 6.07 Å². The van der Waals surface area contributed by atoms with Gasteiger partial charge in [0.25, 0.3) is 0 Å². The summed E-state index contributed by atoms with van der Waals surface area (Å²) in [6, 6.07) is 9.73. The summed E-state index contributed by atoms with van der Waals surface area (Å²) in [5.74, 6) is -0.180. The molecule has 8 heteroatoms. The third-order valence-electron chi connectivity index (χ3n) is 2.54. The first-order valence-corrected chi connectivity index (χ1v) is 8.19. The SMILES string of the molecule is CCOP(=O)(Cl)Oc1ccc2ccccc2c1[N+](=O)[O-]. The first kappa shape index (κ1) is 14.8. The van der Waals surface area contributed by atoms with E-state index in [1.807, 2.05) is 0 Å². The van der Waals surface area contributed by atoms with Crippen molar-refractivity contribution >= 4 is 34.6 Å². The lowest BCUT2D eigenvalue weighted by Crippen LogP contribution is -1.97. The zero-order valence-electron chi connectivity index (χ0n) is 10.5. The zero-order valence-corrected chi connectivity index (χ0v) is 12.1. The average molecular weight is 316 g/mol. The van der Waals surface area contributed by atoms with Crippen LogP contribution in [-0.2, 0) is 9.09 Å². The summed E-state index contributed by atoms with van der Waals surface area (Å²) in [6.45, 7) is -2.23. The standard InChI is InChI=1S/C12H11ClNO5P/c1-2-18-20(13,17)19-11-8-7-9-5-3-4-6-10(9)12(11)14(15)16/h3-8H,2H2,1H3. The monoisotopic (exact) mass is 315 g/mol. The predicted octanol–water partition coefficient (Wildman–Crippen LogP) is 4.51. The third-order valence-corrected chi connectivity index (χ3v) is 4.02. The molecule has 1 atom stereocenters.